The minimum Gasteiger partial charge on any atom is -0.213 e. The first-order chi connectivity index (χ1) is 5.02. The molecule has 1 spiro atoms. The summed E-state index contributed by atoms with van der Waals surface area (Å²) in [6, 6.07) is 0.270. The average Bonchev–Trinajstić information content (AvgIpc) is 2.34. The third-order valence-corrected chi connectivity index (χ3v) is 3.61. The standard InChI is InChI=1S/C7H13NO2S/c1-11(9,10)8-6-5-7(6)3-2-4-7/h6,8H,2-5H2,1H3. The van der Waals surface area contributed by atoms with Gasteiger partial charge in [-0.15, -0.1) is 0 Å². The molecule has 1 atom stereocenters. The van der Waals surface area contributed by atoms with Gasteiger partial charge in [0.1, 0.15) is 0 Å². The van der Waals surface area contributed by atoms with Gasteiger partial charge in [0, 0.05) is 6.04 Å². The third kappa shape index (κ3) is 1.29. The fourth-order valence-corrected chi connectivity index (χ4v) is 2.81. The minimum atomic E-state index is -2.96. The predicted octanol–water partition coefficient (Wildman–Crippen LogP) is 0.478. The van der Waals surface area contributed by atoms with E-state index in [1.165, 1.54) is 25.5 Å². The van der Waals surface area contributed by atoms with Crippen LogP contribution in [0.5, 0.6) is 0 Å². The lowest BCUT2D eigenvalue weighted by Crippen LogP contribution is -2.31. The molecule has 11 heavy (non-hydrogen) atoms. The molecule has 0 heterocycles. The Labute approximate surface area is 67.2 Å². The van der Waals surface area contributed by atoms with Crippen LogP contribution in [0.2, 0.25) is 0 Å². The van der Waals surface area contributed by atoms with Gasteiger partial charge >= 0.3 is 0 Å². The van der Waals surface area contributed by atoms with Crippen LogP contribution in [0.1, 0.15) is 25.7 Å². The Balaban J connectivity index is 1.93. The van der Waals surface area contributed by atoms with Gasteiger partial charge in [-0.3, -0.25) is 0 Å². The van der Waals surface area contributed by atoms with Crippen LogP contribution in [0.15, 0.2) is 0 Å². The summed E-state index contributed by atoms with van der Waals surface area (Å²) in [7, 11) is -2.96. The van der Waals surface area contributed by atoms with Gasteiger partial charge < -0.3 is 0 Å². The molecule has 0 saturated heterocycles. The fourth-order valence-electron chi connectivity index (χ4n) is 1.96. The van der Waals surface area contributed by atoms with Crippen molar-refractivity contribution in [3.8, 4) is 0 Å². The molecule has 2 saturated carbocycles. The molecule has 1 unspecified atom stereocenters. The van der Waals surface area contributed by atoms with Crippen LogP contribution in [0.4, 0.5) is 0 Å². The second-order valence-corrected chi connectivity index (χ2v) is 5.64. The molecule has 4 heteroatoms. The Kier molecular flexibility index (Phi) is 1.36. The number of hydrogen-bond acceptors (Lipinski definition) is 2. The summed E-state index contributed by atoms with van der Waals surface area (Å²) in [5, 5.41) is 0. The molecular formula is C7H13NO2S. The second kappa shape index (κ2) is 1.98. The van der Waals surface area contributed by atoms with E-state index in [4.69, 9.17) is 0 Å². The van der Waals surface area contributed by atoms with Crippen molar-refractivity contribution in [1.29, 1.82) is 0 Å². The maximum Gasteiger partial charge on any atom is 0.208 e. The summed E-state index contributed by atoms with van der Waals surface area (Å²) >= 11 is 0. The lowest BCUT2D eigenvalue weighted by Gasteiger charge is -2.26. The van der Waals surface area contributed by atoms with Crippen molar-refractivity contribution in [2.24, 2.45) is 5.41 Å². The first kappa shape index (κ1) is 7.55. The van der Waals surface area contributed by atoms with Crippen LogP contribution < -0.4 is 4.72 Å². The van der Waals surface area contributed by atoms with Crippen LogP contribution in [-0.2, 0) is 10.0 Å². The van der Waals surface area contributed by atoms with E-state index in [-0.39, 0.29) is 6.04 Å². The van der Waals surface area contributed by atoms with Crippen molar-refractivity contribution >= 4 is 10.0 Å². The number of sulfonamides is 1. The van der Waals surface area contributed by atoms with Gasteiger partial charge in [0.05, 0.1) is 6.26 Å². The third-order valence-electron chi connectivity index (χ3n) is 2.90. The maximum absolute atomic E-state index is 10.8. The van der Waals surface area contributed by atoms with Crippen LogP contribution in [-0.4, -0.2) is 20.7 Å². The lowest BCUT2D eigenvalue weighted by atomic mass is 9.81. The molecule has 3 nitrogen and oxygen atoms in total. The molecule has 2 fully saturated rings. The molecule has 2 aliphatic carbocycles. The molecule has 0 aromatic carbocycles. The van der Waals surface area contributed by atoms with Crippen molar-refractivity contribution in [3.63, 3.8) is 0 Å². The molecule has 0 radical (unpaired) electrons. The molecule has 0 aromatic rings. The molecule has 0 aromatic heterocycles. The molecule has 2 rings (SSSR count). The van der Waals surface area contributed by atoms with E-state index in [9.17, 15) is 8.42 Å². The normalized spacial score (nSPS) is 33.4. The molecular weight excluding hydrogens is 162 g/mol. The molecule has 0 amide bonds. The van der Waals surface area contributed by atoms with Crippen molar-refractivity contribution in [3.05, 3.63) is 0 Å². The number of nitrogens with one attached hydrogen (secondary N) is 1. The summed E-state index contributed by atoms with van der Waals surface area (Å²) < 4.78 is 24.3. The number of rotatable bonds is 2. The van der Waals surface area contributed by atoms with E-state index in [0.29, 0.717) is 5.41 Å². The quantitative estimate of drug-likeness (QED) is 0.663. The van der Waals surface area contributed by atoms with Crippen molar-refractivity contribution in [1.82, 2.24) is 4.72 Å². The van der Waals surface area contributed by atoms with Crippen LogP contribution in [0, 0.1) is 5.41 Å². The summed E-state index contributed by atoms with van der Waals surface area (Å²) in [5.41, 5.74) is 0.406. The zero-order valence-corrected chi connectivity index (χ0v) is 7.45. The molecule has 0 aliphatic heterocycles. The van der Waals surface area contributed by atoms with Gasteiger partial charge in [-0.2, -0.15) is 0 Å². The van der Waals surface area contributed by atoms with Gasteiger partial charge in [0.25, 0.3) is 0 Å². The summed E-state index contributed by atoms with van der Waals surface area (Å²) in [5.74, 6) is 0. The van der Waals surface area contributed by atoms with Gasteiger partial charge in [0.2, 0.25) is 10.0 Å². The van der Waals surface area contributed by atoms with Gasteiger partial charge in [-0.25, -0.2) is 13.1 Å². The Morgan fingerprint density at radius 3 is 2.36 bits per heavy atom. The molecule has 2 aliphatic rings. The lowest BCUT2D eigenvalue weighted by molar-refractivity contribution is 0.273. The number of hydrogen-bond donors (Lipinski definition) is 1. The largest absolute Gasteiger partial charge is 0.213 e. The Hall–Kier alpha value is -0.0900. The Bertz CT molecular complexity index is 266. The van der Waals surface area contributed by atoms with Crippen molar-refractivity contribution < 1.29 is 8.42 Å². The molecule has 0 bridgehead atoms. The van der Waals surface area contributed by atoms with E-state index < -0.39 is 10.0 Å². The fraction of sp³-hybridized carbons (Fsp3) is 1.00. The van der Waals surface area contributed by atoms with Crippen LogP contribution >= 0.6 is 0 Å². The topological polar surface area (TPSA) is 46.2 Å². The monoisotopic (exact) mass is 175 g/mol. The highest BCUT2D eigenvalue weighted by Crippen LogP contribution is 2.60. The van der Waals surface area contributed by atoms with Gasteiger partial charge in [-0.1, -0.05) is 6.42 Å². The zero-order valence-electron chi connectivity index (χ0n) is 6.63. The summed E-state index contributed by atoms with van der Waals surface area (Å²) in [4.78, 5) is 0. The van der Waals surface area contributed by atoms with Crippen molar-refractivity contribution in [2.45, 2.75) is 31.7 Å². The molecule has 1 N–H and O–H groups in total. The van der Waals surface area contributed by atoms with Crippen LogP contribution in [0.3, 0.4) is 0 Å². The highest BCUT2D eigenvalue weighted by molar-refractivity contribution is 7.88. The van der Waals surface area contributed by atoms with Gasteiger partial charge in [0.15, 0.2) is 0 Å². The highest BCUT2D eigenvalue weighted by atomic mass is 32.2. The van der Waals surface area contributed by atoms with Crippen molar-refractivity contribution in [2.75, 3.05) is 6.26 Å². The van der Waals surface area contributed by atoms with E-state index >= 15 is 0 Å². The van der Waals surface area contributed by atoms with E-state index in [1.807, 2.05) is 0 Å². The minimum absolute atomic E-state index is 0.270. The van der Waals surface area contributed by atoms with Crippen LogP contribution in [0.25, 0.3) is 0 Å². The first-order valence-corrected chi connectivity index (χ1v) is 5.88. The zero-order chi connectivity index (χ0) is 8.11. The first-order valence-electron chi connectivity index (χ1n) is 3.99. The van der Waals surface area contributed by atoms with E-state index in [0.717, 1.165) is 6.42 Å². The Morgan fingerprint density at radius 1 is 1.45 bits per heavy atom. The van der Waals surface area contributed by atoms with Gasteiger partial charge in [-0.05, 0) is 24.7 Å². The summed E-state index contributed by atoms with van der Waals surface area (Å²) in [6.45, 7) is 0. The molecule has 64 valence electrons. The SMILES string of the molecule is CS(=O)(=O)NC1CC12CCC2. The second-order valence-electron chi connectivity index (χ2n) is 3.86. The van der Waals surface area contributed by atoms with E-state index in [2.05, 4.69) is 4.72 Å². The van der Waals surface area contributed by atoms with E-state index in [1.54, 1.807) is 0 Å². The maximum atomic E-state index is 10.8. The smallest absolute Gasteiger partial charge is 0.208 e. The average molecular weight is 175 g/mol. The Morgan fingerprint density at radius 2 is 2.09 bits per heavy atom. The highest BCUT2D eigenvalue weighted by Gasteiger charge is 2.58. The summed E-state index contributed by atoms with van der Waals surface area (Å²) in [6.07, 6.45) is 6.03. The predicted molar refractivity (Wildman–Crippen MR) is 42.7 cm³/mol.